The maximum absolute atomic E-state index is 10.6. The molecular weight excluding hydrogens is 192 g/mol. The molecule has 3 heteroatoms. The SMILES string of the molecule is CC(C)(O)/C(=C\C(=O)O)c1ccccc1. The molecule has 1 aromatic carbocycles. The summed E-state index contributed by atoms with van der Waals surface area (Å²) in [4.78, 5) is 10.6. The summed E-state index contributed by atoms with van der Waals surface area (Å²) in [5.41, 5.74) is -0.0530. The van der Waals surface area contributed by atoms with Crippen molar-refractivity contribution in [1.29, 1.82) is 0 Å². The summed E-state index contributed by atoms with van der Waals surface area (Å²) < 4.78 is 0. The summed E-state index contributed by atoms with van der Waals surface area (Å²) in [5.74, 6) is -1.06. The Labute approximate surface area is 88.7 Å². The Kier molecular flexibility index (Phi) is 3.27. The third-order valence-corrected chi connectivity index (χ3v) is 2.01. The van der Waals surface area contributed by atoms with Gasteiger partial charge in [0.05, 0.1) is 5.60 Å². The van der Waals surface area contributed by atoms with E-state index >= 15 is 0 Å². The van der Waals surface area contributed by atoms with Crippen LogP contribution >= 0.6 is 0 Å². The Morgan fingerprint density at radius 2 is 1.80 bits per heavy atom. The highest BCUT2D eigenvalue weighted by Gasteiger charge is 2.21. The Morgan fingerprint density at radius 1 is 1.27 bits per heavy atom. The molecule has 0 saturated heterocycles. The molecule has 15 heavy (non-hydrogen) atoms. The van der Waals surface area contributed by atoms with Crippen LogP contribution in [0.5, 0.6) is 0 Å². The molecule has 0 saturated carbocycles. The van der Waals surface area contributed by atoms with Crippen molar-refractivity contribution in [1.82, 2.24) is 0 Å². The lowest BCUT2D eigenvalue weighted by molar-refractivity contribution is -0.131. The van der Waals surface area contributed by atoms with Crippen molar-refractivity contribution in [2.75, 3.05) is 0 Å². The first-order chi connectivity index (χ1) is 6.91. The van der Waals surface area contributed by atoms with Crippen molar-refractivity contribution >= 4 is 11.5 Å². The van der Waals surface area contributed by atoms with Gasteiger partial charge in [0, 0.05) is 6.08 Å². The zero-order valence-electron chi connectivity index (χ0n) is 8.77. The molecule has 0 spiro atoms. The first-order valence-electron chi connectivity index (χ1n) is 4.64. The Hall–Kier alpha value is -1.61. The van der Waals surface area contributed by atoms with Crippen molar-refractivity contribution in [3.63, 3.8) is 0 Å². The van der Waals surface area contributed by atoms with Crippen molar-refractivity contribution in [3.8, 4) is 0 Å². The minimum absolute atomic E-state index is 0.399. The number of carbonyl (C=O) groups is 1. The standard InChI is InChI=1S/C12H14O3/c1-12(2,15)10(8-11(13)14)9-6-4-3-5-7-9/h3-8,15H,1-2H3,(H,13,14)/b10-8-. The monoisotopic (exact) mass is 206 g/mol. The van der Waals surface area contributed by atoms with E-state index in [-0.39, 0.29) is 0 Å². The van der Waals surface area contributed by atoms with Gasteiger partial charge in [0.15, 0.2) is 0 Å². The minimum Gasteiger partial charge on any atom is -0.478 e. The third kappa shape index (κ3) is 3.22. The van der Waals surface area contributed by atoms with Crippen LogP contribution in [0.3, 0.4) is 0 Å². The van der Waals surface area contributed by atoms with E-state index in [0.717, 1.165) is 6.08 Å². The number of hydrogen-bond acceptors (Lipinski definition) is 2. The quantitative estimate of drug-likeness (QED) is 0.743. The first kappa shape index (κ1) is 11.5. The van der Waals surface area contributed by atoms with Gasteiger partial charge >= 0.3 is 5.97 Å². The fourth-order valence-corrected chi connectivity index (χ4v) is 1.35. The molecule has 0 aliphatic heterocycles. The van der Waals surface area contributed by atoms with E-state index in [9.17, 15) is 9.90 Å². The molecule has 1 rings (SSSR count). The molecule has 0 aliphatic carbocycles. The summed E-state index contributed by atoms with van der Waals surface area (Å²) in [6, 6.07) is 8.99. The van der Waals surface area contributed by atoms with E-state index in [1.807, 2.05) is 6.07 Å². The molecule has 0 fully saturated rings. The molecule has 1 aromatic rings. The molecule has 0 amide bonds. The summed E-state index contributed by atoms with van der Waals surface area (Å²) in [5, 5.41) is 18.6. The van der Waals surface area contributed by atoms with E-state index in [2.05, 4.69) is 0 Å². The second-order valence-corrected chi connectivity index (χ2v) is 3.82. The highest BCUT2D eigenvalue weighted by molar-refractivity contribution is 5.91. The predicted molar refractivity (Wildman–Crippen MR) is 58.4 cm³/mol. The molecule has 2 N–H and O–H groups in total. The second-order valence-electron chi connectivity index (χ2n) is 3.82. The van der Waals surface area contributed by atoms with Gasteiger partial charge in [-0.3, -0.25) is 0 Å². The van der Waals surface area contributed by atoms with Crippen molar-refractivity contribution in [2.45, 2.75) is 19.4 Å². The molecule has 0 bridgehead atoms. The van der Waals surface area contributed by atoms with E-state index in [4.69, 9.17) is 5.11 Å². The Bertz CT molecular complexity index is 372. The van der Waals surface area contributed by atoms with E-state index in [1.165, 1.54) is 0 Å². The van der Waals surface area contributed by atoms with Gasteiger partial charge < -0.3 is 10.2 Å². The van der Waals surface area contributed by atoms with Gasteiger partial charge in [0.25, 0.3) is 0 Å². The van der Waals surface area contributed by atoms with E-state index in [1.54, 1.807) is 38.1 Å². The van der Waals surface area contributed by atoms with Gasteiger partial charge in [-0.05, 0) is 25.0 Å². The lowest BCUT2D eigenvalue weighted by Gasteiger charge is -2.21. The number of benzene rings is 1. The predicted octanol–water partition coefficient (Wildman–Crippen LogP) is 1.93. The normalized spacial score (nSPS) is 12.6. The zero-order chi connectivity index (χ0) is 11.5. The zero-order valence-corrected chi connectivity index (χ0v) is 8.77. The fraction of sp³-hybridized carbons (Fsp3) is 0.250. The Morgan fingerprint density at radius 3 is 2.20 bits per heavy atom. The molecular formula is C12H14O3. The topological polar surface area (TPSA) is 57.5 Å². The average Bonchev–Trinajstić information content (AvgIpc) is 2.14. The van der Waals surface area contributed by atoms with Crippen LogP contribution in [0, 0.1) is 0 Å². The number of rotatable bonds is 3. The number of hydrogen-bond donors (Lipinski definition) is 2. The van der Waals surface area contributed by atoms with E-state index < -0.39 is 11.6 Å². The van der Waals surface area contributed by atoms with Crippen LogP contribution in [0.1, 0.15) is 19.4 Å². The summed E-state index contributed by atoms with van der Waals surface area (Å²) in [7, 11) is 0. The fourth-order valence-electron chi connectivity index (χ4n) is 1.35. The van der Waals surface area contributed by atoms with Crippen LogP contribution in [0.15, 0.2) is 36.4 Å². The highest BCUT2D eigenvalue weighted by Crippen LogP contribution is 2.26. The molecule has 0 radical (unpaired) electrons. The van der Waals surface area contributed by atoms with Crippen LogP contribution in [0.25, 0.3) is 5.57 Å². The van der Waals surface area contributed by atoms with Gasteiger partial charge in [0.1, 0.15) is 0 Å². The van der Waals surface area contributed by atoms with Gasteiger partial charge in [-0.1, -0.05) is 30.3 Å². The number of aliphatic hydroxyl groups is 1. The largest absolute Gasteiger partial charge is 0.478 e. The molecule has 0 atom stereocenters. The van der Waals surface area contributed by atoms with Crippen molar-refractivity contribution < 1.29 is 15.0 Å². The summed E-state index contributed by atoms with van der Waals surface area (Å²) in [6.45, 7) is 3.13. The van der Waals surface area contributed by atoms with Crippen LogP contribution < -0.4 is 0 Å². The maximum atomic E-state index is 10.6. The van der Waals surface area contributed by atoms with Gasteiger partial charge in [-0.25, -0.2) is 4.79 Å². The molecule has 0 aromatic heterocycles. The Balaban J connectivity index is 3.20. The third-order valence-electron chi connectivity index (χ3n) is 2.01. The molecule has 0 aliphatic rings. The number of carboxylic acids is 1. The molecule has 0 unspecified atom stereocenters. The van der Waals surface area contributed by atoms with Crippen LogP contribution in [0.2, 0.25) is 0 Å². The van der Waals surface area contributed by atoms with Crippen LogP contribution in [0.4, 0.5) is 0 Å². The second kappa shape index (κ2) is 4.28. The smallest absolute Gasteiger partial charge is 0.328 e. The van der Waals surface area contributed by atoms with Gasteiger partial charge in [0.2, 0.25) is 0 Å². The van der Waals surface area contributed by atoms with Crippen molar-refractivity contribution in [3.05, 3.63) is 42.0 Å². The van der Waals surface area contributed by atoms with Crippen molar-refractivity contribution in [2.24, 2.45) is 0 Å². The number of aliphatic carboxylic acids is 1. The minimum atomic E-state index is -1.17. The van der Waals surface area contributed by atoms with Gasteiger partial charge in [-0.15, -0.1) is 0 Å². The summed E-state index contributed by atoms with van der Waals surface area (Å²) >= 11 is 0. The molecule has 3 nitrogen and oxygen atoms in total. The van der Waals surface area contributed by atoms with Crippen LogP contribution in [-0.2, 0) is 4.79 Å². The average molecular weight is 206 g/mol. The maximum Gasteiger partial charge on any atom is 0.328 e. The first-order valence-corrected chi connectivity index (χ1v) is 4.64. The molecule has 80 valence electrons. The van der Waals surface area contributed by atoms with E-state index in [0.29, 0.717) is 11.1 Å². The summed E-state index contributed by atoms with van der Waals surface area (Å²) in [6.07, 6.45) is 1.04. The van der Waals surface area contributed by atoms with Crippen LogP contribution in [-0.4, -0.2) is 21.8 Å². The number of carboxylic acid groups (broad SMARTS) is 1. The van der Waals surface area contributed by atoms with Gasteiger partial charge in [-0.2, -0.15) is 0 Å². The highest BCUT2D eigenvalue weighted by atomic mass is 16.4. The lowest BCUT2D eigenvalue weighted by atomic mass is 9.91. The molecule has 0 heterocycles. The lowest BCUT2D eigenvalue weighted by Crippen LogP contribution is -2.21.